The molecule has 2 aromatic rings. The van der Waals surface area contributed by atoms with Crippen LogP contribution in [0.4, 0.5) is 11.4 Å². The van der Waals surface area contributed by atoms with Gasteiger partial charge in [0.05, 0.1) is 11.2 Å². The van der Waals surface area contributed by atoms with E-state index in [1.165, 1.54) is 0 Å². The van der Waals surface area contributed by atoms with Crippen molar-refractivity contribution in [3.8, 4) is 0 Å². The summed E-state index contributed by atoms with van der Waals surface area (Å²) in [5.74, 6) is 0. The van der Waals surface area contributed by atoms with E-state index in [9.17, 15) is 0 Å². The summed E-state index contributed by atoms with van der Waals surface area (Å²) >= 11 is 0. The minimum atomic E-state index is 0.828. The van der Waals surface area contributed by atoms with Crippen LogP contribution in [0.15, 0.2) is 18.3 Å². The first kappa shape index (κ1) is 14.6. The highest BCUT2D eigenvalue weighted by molar-refractivity contribution is 6.02. The molecule has 108 valence electrons. The van der Waals surface area contributed by atoms with Gasteiger partial charge in [-0.3, -0.25) is 4.98 Å². The Bertz CT molecular complexity index is 600. The maximum atomic E-state index is 6.25. The third-order valence-electron chi connectivity index (χ3n) is 3.57. The van der Waals surface area contributed by atoms with Gasteiger partial charge < -0.3 is 16.0 Å². The van der Waals surface area contributed by atoms with Gasteiger partial charge in [-0.1, -0.05) is 6.07 Å². The number of aryl methyl sites for hydroxylation is 2. The molecule has 3 N–H and O–H groups in total. The Balaban J connectivity index is 2.31. The molecule has 0 bridgehead atoms. The number of hydrogen-bond acceptors (Lipinski definition) is 4. The predicted octanol–water partition coefficient (Wildman–Crippen LogP) is 2.80. The van der Waals surface area contributed by atoms with Gasteiger partial charge in [-0.2, -0.15) is 0 Å². The number of nitrogens with two attached hydrogens (primary N) is 1. The molecule has 0 unspecified atom stereocenters. The predicted molar refractivity (Wildman–Crippen MR) is 87.3 cm³/mol. The summed E-state index contributed by atoms with van der Waals surface area (Å²) in [5.41, 5.74) is 11.4. The molecule has 0 aliphatic carbocycles. The minimum absolute atomic E-state index is 0.828. The third-order valence-corrected chi connectivity index (χ3v) is 3.57. The number of nitrogens with one attached hydrogen (secondary N) is 1. The lowest BCUT2D eigenvalue weighted by Gasteiger charge is -2.16. The number of anilines is 2. The average Bonchev–Trinajstić information content (AvgIpc) is 2.40. The second-order valence-corrected chi connectivity index (χ2v) is 5.59. The van der Waals surface area contributed by atoms with Crippen molar-refractivity contribution in [2.75, 3.05) is 38.2 Å². The summed E-state index contributed by atoms with van der Waals surface area (Å²) in [6.45, 7) is 6.12. The number of fused-ring (bicyclic) bond motifs is 1. The summed E-state index contributed by atoms with van der Waals surface area (Å²) in [4.78, 5) is 6.66. The van der Waals surface area contributed by atoms with Gasteiger partial charge in [0.15, 0.2) is 0 Å². The Morgan fingerprint density at radius 2 is 1.95 bits per heavy atom. The first-order valence-corrected chi connectivity index (χ1v) is 7.03. The summed E-state index contributed by atoms with van der Waals surface area (Å²) in [5, 5.41) is 4.58. The van der Waals surface area contributed by atoms with Crippen molar-refractivity contribution in [3.63, 3.8) is 0 Å². The Morgan fingerprint density at radius 3 is 2.65 bits per heavy atom. The van der Waals surface area contributed by atoms with Crippen molar-refractivity contribution in [1.82, 2.24) is 9.88 Å². The van der Waals surface area contributed by atoms with E-state index < -0.39 is 0 Å². The van der Waals surface area contributed by atoms with E-state index >= 15 is 0 Å². The molecule has 0 amide bonds. The summed E-state index contributed by atoms with van der Waals surface area (Å²) in [6.07, 6.45) is 3.01. The molecule has 0 spiro atoms. The largest absolute Gasteiger partial charge is 0.398 e. The van der Waals surface area contributed by atoms with Crippen LogP contribution in [-0.4, -0.2) is 37.1 Å². The highest BCUT2D eigenvalue weighted by atomic mass is 15.1. The van der Waals surface area contributed by atoms with E-state index in [1.54, 1.807) is 0 Å². The van der Waals surface area contributed by atoms with Crippen molar-refractivity contribution in [3.05, 3.63) is 29.5 Å². The molecule has 1 aromatic carbocycles. The van der Waals surface area contributed by atoms with Crippen LogP contribution in [0.2, 0.25) is 0 Å². The van der Waals surface area contributed by atoms with Crippen molar-refractivity contribution in [1.29, 1.82) is 0 Å². The molecule has 0 atom stereocenters. The number of nitrogen functional groups attached to an aromatic ring is 1. The lowest BCUT2D eigenvalue weighted by molar-refractivity contribution is 0.405. The summed E-state index contributed by atoms with van der Waals surface area (Å²) in [6, 6.07) is 4.06. The highest BCUT2D eigenvalue weighted by Crippen LogP contribution is 2.32. The van der Waals surface area contributed by atoms with Gasteiger partial charge in [0, 0.05) is 23.8 Å². The second kappa shape index (κ2) is 6.09. The van der Waals surface area contributed by atoms with E-state index in [-0.39, 0.29) is 0 Å². The van der Waals surface area contributed by atoms with Crippen LogP contribution >= 0.6 is 0 Å². The quantitative estimate of drug-likeness (QED) is 0.649. The smallest absolute Gasteiger partial charge is 0.0743 e. The van der Waals surface area contributed by atoms with Crippen LogP contribution in [0.25, 0.3) is 10.9 Å². The van der Waals surface area contributed by atoms with Crippen molar-refractivity contribution in [2.24, 2.45) is 0 Å². The zero-order chi connectivity index (χ0) is 14.7. The molecule has 0 aliphatic heterocycles. The van der Waals surface area contributed by atoms with E-state index in [0.717, 1.165) is 52.9 Å². The molecule has 0 saturated carbocycles. The molecule has 2 rings (SSSR count). The topological polar surface area (TPSA) is 54.2 Å². The number of benzene rings is 1. The van der Waals surface area contributed by atoms with Gasteiger partial charge in [0.2, 0.25) is 0 Å². The number of nitrogens with zero attached hydrogens (tertiary/aromatic N) is 2. The molecule has 1 aromatic heterocycles. The van der Waals surface area contributed by atoms with Gasteiger partial charge in [0.25, 0.3) is 0 Å². The minimum Gasteiger partial charge on any atom is -0.398 e. The molecule has 0 fully saturated rings. The van der Waals surface area contributed by atoms with Gasteiger partial charge in [-0.15, -0.1) is 0 Å². The fourth-order valence-electron chi connectivity index (χ4n) is 2.35. The summed E-state index contributed by atoms with van der Waals surface area (Å²) in [7, 11) is 4.18. The summed E-state index contributed by atoms with van der Waals surface area (Å²) < 4.78 is 0. The number of aromatic nitrogens is 1. The third kappa shape index (κ3) is 3.02. The Hall–Kier alpha value is -1.81. The van der Waals surface area contributed by atoms with Crippen LogP contribution in [0, 0.1) is 13.8 Å². The Labute approximate surface area is 121 Å². The Morgan fingerprint density at radius 1 is 1.20 bits per heavy atom. The number of pyridine rings is 1. The van der Waals surface area contributed by atoms with Gasteiger partial charge >= 0.3 is 0 Å². The van der Waals surface area contributed by atoms with Crippen molar-refractivity contribution < 1.29 is 0 Å². The molecule has 4 nitrogen and oxygen atoms in total. The highest BCUT2D eigenvalue weighted by Gasteiger charge is 2.10. The second-order valence-electron chi connectivity index (χ2n) is 5.59. The Kier molecular flexibility index (Phi) is 4.45. The lowest BCUT2D eigenvalue weighted by Crippen LogP contribution is -2.16. The molecule has 0 aliphatic rings. The fraction of sp³-hybridized carbons (Fsp3) is 0.438. The molecule has 4 heteroatoms. The van der Waals surface area contributed by atoms with Crippen molar-refractivity contribution in [2.45, 2.75) is 20.3 Å². The molecular formula is C16H24N4. The lowest BCUT2D eigenvalue weighted by atomic mass is 10.0. The molecular weight excluding hydrogens is 248 g/mol. The maximum absolute atomic E-state index is 6.25. The van der Waals surface area contributed by atoms with Crippen molar-refractivity contribution >= 4 is 22.3 Å². The monoisotopic (exact) mass is 272 g/mol. The SMILES string of the molecule is Cc1ccc2ncc(C)c(NCCCN(C)C)c2c1N. The average molecular weight is 272 g/mol. The molecule has 0 radical (unpaired) electrons. The standard InChI is InChI=1S/C16H24N4/c1-11-6-7-13-14(15(11)17)16(12(2)10-19-13)18-8-5-9-20(3)4/h6-7,10H,5,8-9,17H2,1-4H3,(H,18,19). The normalized spacial score (nSPS) is 11.2. The number of hydrogen-bond donors (Lipinski definition) is 2. The fourth-order valence-corrected chi connectivity index (χ4v) is 2.35. The van der Waals surface area contributed by atoms with Crippen LogP contribution in [-0.2, 0) is 0 Å². The van der Waals surface area contributed by atoms with Crippen LogP contribution in [0.1, 0.15) is 17.5 Å². The first-order chi connectivity index (χ1) is 9.50. The van der Waals surface area contributed by atoms with E-state index in [2.05, 4.69) is 36.2 Å². The number of rotatable bonds is 5. The molecule has 1 heterocycles. The van der Waals surface area contributed by atoms with Crippen LogP contribution in [0.3, 0.4) is 0 Å². The van der Waals surface area contributed by atoms with Gasteiger partial charge in [-0.05, 0) is 58.1 Å². The maximum Gasteiger partial charge on any atom is 0.0743 e. The van der Waals surface area contributed by atoms with Crippen LogP contribution < -0.4 is 11.1 Å². The van der Waals surface area contributed by atoms with Crippen LogP contribution in [0.5, 0.6) is 0 Å². The first-order valence-electron chi connectivity index (χ1n) is 7.03. The zero-order valence-corrected chi connectivity index (χ0v) is 12.8. The van der Waals surface area contributed by atoms with E-state index in [0.29, 0.717) is 0 Å². The van der Waals surface area contributed by atoms with E-state index in [1.807, 2.05) is 25.3 Å². The molecule has 20 heavy (non-hydrogen) atoms. The van der Waals surface area contributed by atoms with E-state index in [4.69, 9.17) is 5.73 Å². The van der Waals surface area contributed by atoms with Gasteiger partial charge in [0.1, 0.15) is 0 Å². The van der Waals surface area contributed by atoms with Gasteiger partial charge in [-0.25, -0.2) is 0 Å². The zero-order valence-electron chi connectivity index (χ0n) is 12.8. The molecule has 0 saturated heterocycles.